The normalized spacial score (nSPS) is 10.9. The molecular weight excluding hydrogens is 317 g/mol. The summed E-state index contributed by atoms with van der Waals surface area (Å²) in [5, 5.41) is 31.3. The summed E-state index contributed by atoms with van der Waals surface area (Å²) in [6.07, 6.45) is -0.921. The second-order valence-corrected chi connectivity index (χ2v) is 5.38. The van der Waals surface area contributed by atoms with E-state index in [1.165, 1.54) is 18.2 Å². The molecule has 0 saturated heterocycles. The minimum Gasteiger partial charge on any atom is -0.550 e. The van der Waals surface area contributed by atoms with Crippen molar-refractivity contribution in [3.8, 4) is 6.07 Å². The Morgan fingerprint density at radius 2 is 1.62 bits per heavy atom. The van der Waals surface area contributed by atoms with Crippen LogP contribution in [0.4, 0.5) is 0 Å². The van der Waals surface area contributed by atoms with Gasteiger partial charge in [0.15, 0.2) is 0 Å². The van der Waals surface area contributed by atoms with Gasteiger partial charge in [0.2, 0.25) is 0 Å². The quantitative estimate of drug-likeness (QED) is 0.737. The maximum Gasteiger partial charge on any atom is 0.0830 e. The summed E-state index contributed by atoms with van der Waals surface area (Å²) in [5.74, 6) is -2.63. The van der Waals surface area contributed by atoms with E-state index in [4.69, 9.17) is 23.2 Å². The molecule has 0 amide bonds. The van der Waals surface area contributed by atoms with Crippen LogP contribution < -0.4 is 10.2 Å². The van der Waals surface area contributed by atoms with E-state index in [9.17, 15) is 25.1 Å². The number of carboxylic acid groups (broad SMARTS) is 2. The molecule has 0 atom stereocenters. The predicted molar refractivity (Wildman–Crippen MR) is 72.2 cm³/mol. The van der Waals surface area contributed by atoms with Crippen LogP contribution in [0, 0.1) is 11.3 Å². The molecule has 0 fully saturated rings. The third kappa shape index (κ3) is 4.62. The summed E-state index contributed by atoms with van der Waals surface area (Å²) in [6, 6.07) is 6.45. The molecule has 0 radical (unpaired) electrons. The van der Waals surface area contributed by atoms with Crippen LogP contribution >= 0.6 is 23.2 Å². The van der Waals surface area contributed by atoms with Crippen LogP contribution in [0.5, 0.6) is 0 Å². The first-order chi connectivity index (χ1) is 9.80. The van der Waals surface area contributed by atoms with Gasteiger partial charge in [-0.1, -0.05) is 29.3 Å². The van der Waals surface area contributed by atoms with Gasteiger partial charge in [-0.3, -0.25) is 0 Å². The number of hydrogen-bond acceptors (Lipinski definition) is 5. The van der Waals surface area contributed by atoms with Crippen molar-refractivity contribution in [2.24, 2.45) is 0 Å². The molecule has 0 unspecified atom stereocenters. The van der Waals surface area contributed by atoms with E-state index in [0.29, 0.717) is 5.56 Å². The van der Waals surface area contributed by atoms with Crippen LogP contribution in [0.3, 0.4) is 0 Å². The van der Waals surface area contributed by atoms with Crippen molar-refractivity contribution in [2.45, 2.75) is 31.1 Å². The first-order valence-corrected chi connectivity index (χ1v) is 6.83. The highest BCUT2D eigenvalue weighted by Gasteiger charge is 2.32. The van der Waals surface area contributed by atoms with Crippen LogP contribution in [-0.4, -0.2) is 11.9 Å². The SMILES string of the molecule is N#CC(CCC(=O)[O-])(CCC(=O)[O-])c1ccc(Cl)c(Cl)c1. The minimum absolute atomic E-state index is 0.0862. The molecule has 7 heteroatoms. The van der Waals surface area contributed by atoms with Crippen molar-refractivity contribution >= 4 is 35.1 Å². The van der Waals surface area contributed by atoms with Gasteiger partial charge in [-0.15, -0.1) is 0 Å². The molecule has 0 saturated carbocycles. The Hall–Kier alpha value is -1.77. The molecule has 112 valence electrons. The molecule has 0 N–H and O–H groups in total. The van der Waals surface area contributed by atoms with E-state index in [0.717, 1.165) is 0 Å². The van der Waals surface area contributed by atoms with E-state index in [1.54, 1.807) is 0 Å². The number of nitriles is 1. The van der Waals surface area contributed by atoms with Crippen LogP contribution in [0.1, 0.15) is 31.2 Å². The summed E-state index contributed by atoms with van der Waals surface area (Å²) in [6.45, 7) is 0. The Morgan fingerprint density at radius 1 is 1.10 bits per heavy atom. The van der Waals surface area contributed by atoms with Crippen molar-refractivity contribution in [1.82, 2.24) is 0 Å². The van der Waals surface area contributed by atoms with Gasteiger partial charge in [-0.25, -0.2) is 0 Å². The molecule has 1 rings (SSSR count). The van der Waals surface area contributed by atoms with Gasteiger partial charge in [-0.05, 0) is 43.4 Å². The van der Waals surface area contributed by atoms with E-state index < -0.39 is 17.4 Å². The second-order valence-electron chi connectivity index (χ2n) is 4.57. The molecular formula is C14H11Cl2NO4-2. The lowest BCUT2D eigenvalue weighted by atomic mass is 9.74. The average molecular weight is 328 g/mol. The van der Waals surface area contributed by atoms with Crippen LogP contribution in [0.25, 0.3) is 0 Å². The van der Waals surface area contributed by atoms with Gasteiger partial charge in [0.05, 0.1) is 21.5 Å². The van der Waals surface area contributed by atoms with Crippen molar-refractivity contribution in [1.29, 1.82) is 5.26 Å². The van der Waals surface area contributed by atoms with E-state index in [-0.39, 0.29) is 35.7 Å². The Bertz CT molecular complexity index is 577. The zero-order valence-electron chi connectivity index (χ0n) is 10.9. The third-order valence-electron chi connectivity index (χ3n) is 3.20. The van der Waals surface area contributed by atoms with Gasteiger partial charge in [0, 0.05) is 11.9 Å². The van der Waals surface area contributed by atoms with Crippen LogP contribution in [0.15, 0.2) is 18.2 Å². The summed E-state index contributed by atoms with van der Waals surface area (Å²) in [7, 11) is 0. The zero-order valence-corrected chi connectivity index (χ0v) is 12.4. The van der Waals surface area contributed by atoms with E-state index in [2.05, 4.69) is 0 Å². The van der Waals surface area contributed by atoms with Crippen LogP contribution in [0.2, 0.25) is 10.0 Å². The molecule has 0 aliphatic rings. The number of carbonyl (C=O) groups is 2. The van der Waals surface area contributed by atoms with Crippen molar-refractivity contribution in [3.05, 3.63) is 33.8 Å². The first-order valence-electron chi connectivity index (χ1n) is 6.07. The highest BCUT2D eigenvalue weighted by atomic mass is 35.5. The molecule has 1 aromatic carbocycles. The summed E-state index contributed by atoms with van der Waals surface area (Å²) in [5.41, 5.74) is -0.879. The predicted octanol–water partition coefficient (Wildman–Crippen LogP) is 0.815. The standard InChI is InChI=1S/C14H13Cl2NO4/c15-10-2-1-9(7-11(10)16)14(8-17,5-3-12(18)19)6-4-13(20)21/h1-2,7H,3-6H2,(H,18,19)(H,20,21)/p-2. The van der Waals surface area contributed by atoms with E-state index >= 15 is 0 Å². The molecule has 0 bridgehead atoms. The molecule has 21 heavy (non-hydrogen) atoms. The summed E-state index contributed by atoms with van der Waals surface area (Å²) in [4.78, 5) is 21.3. The van der Waals surface area contributed by atoms with Crippen molar-refractivity contribution in [2.75, 3.05) is 0 Å². The van der Waals surface area contributed by atoms with E-state index in [1.807, 2.05) is 6.07 Å². The highest BCUT2D eigenvalue weighted by molar-refractivity contribution is 6.42. The molecule has 1 aromatic rings. The minimum atomic E-state index is -1.32. The topological polar surface area (TPSA) is 104 Å². The fraction of sp³-hybridized carbons (Fsp3) is 0.357. The Kier molecular flexibility index (Phi) is 6.01. The van der Waals surface area contributed by atoms with Gasteiger partial charge < -0.3 is 19.8 Å². The largest absolute Gasteiger partial charge is 0.550 e. The van der Waals surface area contributed by atoms with Crippen molar-refractivity contribution < 1.29 is 19.8 Å². The van der Waals surface area contributed by atoms with Gasteiger partial charge in [0.25, 0.3) is 0 Å². The number of carboxylic acids is 2. The number of halogens is 2. The lowest BCUT2D eigenvalue weighted by Gasteiger charge is -2.28. The third-order valence-corrected chi connectivity index (χ3v) is 3.94. The Morgan fingerprint density at radius 3 is 2.00 bits per heavy atom. The number of rotatable bonds is 7. The smallest absolute Gasteiger partial charge is 0.0830 e. The zero-order chi connectivity index (χ0) is 16.0. The van der Waals surface area contributed by atoms with Crippen molar-refractivity contribution in [3.63, 3.8) is 0 Å². The fourth-order valence-electron chi connectivity index (χ4n) is 2.01. The molecule has 0 spiro atoms. The number of aliphatic carboxylic acids is 2. The number of carbonyl (C=O) groups excluding carboxylic acids is 2. The molecule has 0 heterocycles. The highest BCUT2D eigenvalue weighted by Crippen LogP contribution is 2.36. The summed E-state index contributed by atoms with van der Waals surface area (Å²) >= 11 is 11.7. The summed E-state index contributed by atoms with van der Waals surface area (Å²) < 4.78 is 0. The first kappa shape index (κ1) is 17.3. The van der Waals surface area contributed by atoms with Gasteiger partial charge in [0.1, 0.15) is 0 Å². The molecule has 5 nitrogen and oxygen atoms in total. The van der Waals surface area contributed by atoms with Gasteiger partial charge >= 0.3 is 0 Å². The molecule has 0 aromatic heterocycles. The number of hydrogen-bond donors (Lipinski definition) is 0. The monoisotopic (exact) mass is 327 g/mol. The Balaban J connectivity index is 3.19. The lowest BCUT2D eigenvalue weighted by molar-refractivity contribution is -0.306. The average Bonchev–Trinajstić information content (AvgIpc) is 2.42. The van der Waals surface area contributed by atoms with Crippen LogP contribution in [-0.2, 0) is 15.0 Å². The maximum atomic E-state index is 10.7. The van der Waals surface area contributed by atoms with Gasteiger partial charge in [-0.2, -0.15) is 5.26 Å². The maximum absolute atomic E-state index is 10.7. The number of benzene rings is 1. The second kappa shape index (κ2) is 7.30. The molecule has 0 aliphatic heterocycles. The number of nitrogens with zero attached hydrogens (tertiary/aromatic N) is 1. The molecule has 0 aliphatic carbocycles. The Labute approximate surface area is 131 Å². The lowest BCUT2D eigenvalue weighted by Crippen LogP contribution is -2.32. The fourth-order valence-corrected chi connectivity index (χ4v) is 2.31.